The first-order valence-electron chi connectivity index (χ1n) is 10.4. The number of hydrogen-bond acceptors (Lipinski definition) is 3. The number of benzene rings is 3. The zero-order valence-corrected chi connectivity index (χ0v) is 17.8. The lowest BCUT2D eigenvalue weighted by Gasteiger charge is -2.44. The topological polar surface area (TPSA) is 40.6 Å². The maximum Gasteiger partial charge on any atom is 0.253 e. The quantitative estimate of drug-likeness (QED) is 0.599. The molecule has 0 atom stereocenters. The van der Waals surface area contributed by atoms with Gasteiger partial charge in [-0.3, -0.25) is 14.5 Å². The number of fused-ring (bicyclic) bond motifs is 1. The molecule has 152 valence electrons. The number of carbonyl (C=O) groups is 2. The first kappa shape index (κ1) is 19.2. The number of piperidine rings is 1. The molecule has 2 fully saturated rings. The van der Waals surface area contributed by atoms with Gasteiger partial charge in [0, 0.05) is 24.3 Å². The van der Waals surface area contributed by atoms with Gasteiger partial charge in [-0.25, -0.2) is 0 Å². The summed E-state index contributed by atoms with van der Waals surface area (Å²) in [5.74, 6) is 0.747. The van der Waals surface area contributed by atoms with E-state index in [0.29, 0.717) is 18.8 Å². The lowest BCUT2D eigenvalue weighted by Crippen LogP contribution is -2.53. The van der Waals surface area contributed by atoms with Gasteiger partial charge in [0.1, 0.15) is 0 Å². The van der Waals surface area contributed by atoms with Crippen LogP contribution in [0.1, 0.15) is 28.8 Å². The Hall–Kier alpha value is -2.79. The Morgan fingerprint density at radius 1 is 0.933 bits per heavy atom. The minimum absolute atomic E-state index is 0.0758. The second-order valence-electron chi connectivity index (χ2n) is 8.15. The third-order valence-corrected chi connectivity index (χ3v) is 7.76. The van der Waals surface area contributed by atoms with Gasteiger partial charge in [0.2, 0.25) is 5.91 Å². The maximum atomic E-state index is 13.1. The van der Waals surface area contributed by atoms with Gasteiger partial charge < -0.3 is 4.90 Å². The van der Waals surface area contributed by atoms with Gasteiger partial charge in [0.05, 0.1) is 10.6 Å². The summed E-state index contributed by atoms with van der Waals surface area (Å²) in [5, 5.41) is 2.22. The summed E-state index contributed by atoms with van der Waals surface area (Å²) in [6, 6.07) is 22.2. The predicted molar refractivity (Wildman–Crippen MR) is 123 cm³/mol. The van der Waals surface area contributed by atoms with Crippen molar-refractivity contribution in [3.8, 4) is 0 Å². The molecule has 4 nitrogen and oxygen atoms in total. The molecule has 2 aliphatic heterocycles. The van der Waals surface area contributed by atoms with Crippen LogP contribution >= 0.6 is 11.8 Å². The highest BCUT2D eigenvalue weighted by Crippen LogP contribution is 2.46. The molecule has 2 amide bonds. The number of aryl methyl sites for hydroxylation is 1. The summed E-state index contributed by atoms with van der Waals surface area (Å²) in [7, 11) is 0. The highest BCUT2D eigenvalue weighted by Gasteiger charge is 2.49. The molecule has 0 bridgehead atoms. The summed E-state index contributed by atoms with van der Waals surface area (Å²) in [6.07, 6.45) is 1.58. The Bertz CT molecular complexity index is 1120. The zero-order chi connectivity index (χ0) is 20.7. The largest absolute Gasteiger partial charge is 0.338 e. The number of hydrogen-bond donors (Lipinski definition) is 0. The summed E-state index contributed by atoms with van der Waals surface area (Å²) < 4.78 is 0. The molecule has 30 heavy (non-hydrogen) atoms. The second-order valence-corrected chi connectivity index (χ2v) is 9.49. The van der Waals surface area contributed by atoms with Crippen LogP contribution in [0.25, 0.3) is 10.8 Å². The molecule has 0 aromatic heterocycles. The molecule has 5 rings (SSSR count). The molecule has 5 heteroatoms. The maximum absolute atomic E-state index is 13.1. The van der Waals surface area contributed by atoms with Crippen molar-refractivity contribution in [1.29, 1.82) is 0 Å². The molecule has 2 heterocycles. The summed E-state index contributed by atoms with van der Waals surface area (Å²) in [6.45, 7) is 3.37. The van der Waals surface area contributed by atoms with Crippen LogP contribution in [0.15, 0.2) is 66.7 Å². The van der Waals surface area contributed by atoms with Crippen LogP contribution < -0.4 is 4.90 Å². The number of amides is 2. The van der Waals surface area contributed by atoms with E-state index in [1.54, 1.807) is 11.8 Å². The van der Waals surface area contributed by atoms with E-state index < -0.39 is 0 Å². The molecule has 0 aliphatic carbocycles. The molecule has 2 aliphatic rings. The van der Waals surface area contributed by atoms with Crippen LogP contribution in [0.2, 0.25) is 0 Å². The Kier molecular flexibility index (Phi) is 4.78. The van der Waals surface area contributed by atoms with Crippen molar-refractivity contribution in [2.24, 2.45) is 0 Å². The Labute approximate surface area is 180 Å². The van der Waals surface area contributed by atoms with Crippen LogP contribution in [0, 0.1) is 6.92 Å². The van der Waals surface area contributed by atoms with Crippen LogP contribution in [-0.2, 0) is 4.79 Å². The van der Waals surface area contributed by atoms with Crippen molar-refractivity contribution in [3.05, 3.63) is 77.9 Å². The highest BCUT2D eigenvalue weighted by atomic mass is 32.2. The van der Waals surface area contributed by atoms with Crippen molar-refractivity contribution in [2.75, 3.05) is 23.7 Å². The first-order chi connectivity index (χ1) is 14.6. The molecule has 3 aromatic rings. The summed E-state index contributed by atoms with van der Waals surface area (Å²) in [5.41, 5.74) is 2.88. The van der Waals surface area contributed by atoms with E-state index in [1.807, 2.05) is 58.3 Å². The van der Waals surface area contributed by atoms with Gasteiger partial charge in [-0.1, -0.05) is 48.0 Å². The van der Waals surface area contributed by atoms with Gasteiger partial charge >= 0.3 is 0 Å². The highest BCUT2D eigenvalue weighted by molar-refractivity contribution is 8.02. The Morgan fingerprint density at radius 3 is 2.37 bits per heavy atom. The molecule has 3 aromatic carbocycles. The molecular weight excluding hydrogens is 392 g/mol. The fourth-order valence-electron chi connectivity index (χ4n) is 4.56. The summed E-state index contributed by atoms with van der Waals surface area (Å²) >= 11 is 1.73. The minimum Gasteiger partial charge on any atom is -0.338 e. The smallest absolute Gasteiger partial charge is 0.253 e. The van der Waals surface area contributed by atoms with Crippen molar-refractivity contribution in [3.63, 3.8) is 0 Å². The SMILES string of the molecule is Cc1ccc(N2C(=O)CSC23CCN(C(=O)c2ccc4ccccc4c2)CC3)cc1. The van der Waals surface area contributed by atoms with E-state index in [2.05, 4.69) is 25.1 Å². The molecule has 0 radical (unpaired) electrons. The van der Waals surface area contributed by atoms with Crippen LogP contribution in [0.3, 0.4) is 0 Å². The fourth-order valence-corrected chi connectivity index (χ4v) is 5.89. The predicted octanol–water partition coefficient (Wildman–Crippen LogP) is 4.86. The van der Waals surface area contributed by atoms with Crippen molar-refractivity contribution >= 4 is 40.0 Å². The van der Waals surface area contributed by atoms with Gasteiger partial charge in [0.15, 0.2) is 0 Å². The van der Waals surface area contributed by atoms with Gasteiger partial charge in [0.25, 0.3) is 5.91 Å². The van der Waals surface area contributed by atoms with Crippen LogP contribution in [-0.4, -0.2) is 40.4 Å². The first-order valence-corrected chi connectivity index (χ1v) is 11.4. The van der Waals surface area contributed by atoms with Crippen molar-refractivity contribution in [1.82, 2.24) is 4.90 Å². The Balaban J connectivity index is 1.35. The van der Waals surface area contributed by atoms with E-state index in [9.17, 15) is 9.59 Å². The second kappa shape index (κ2) is 7.47. The van der Waals surface area contributed by atoms with Gasteiger partial charge in [-0.2, -0.15) is 0 Å². The van der Waals surface area contributed by atoms with Crippen molar-refractivity contribution < 1.29 is 9.59 Å². The number of anilines is 1. The van der Waals surface area contributed by atoms with E-state index in [0.717, 1.165) is 34.9 Å². The summed E-state index contributed by atoms with van der Waals surface area (Å²) in [4.78, 5) is 29.5. The number of likely N-dealkylation sites (tertiary alicyclic amines) is 1. The van der Waals surface area contributed by atoms with Crippen LogP contribution in [0.5, 0.6) is 0 Å². The average Bonchev–Trinajstić information content (AvgIpc) is 3.09. The average molecular weight is 417 g/mol. The zero-order valence-electron chi connectivity index (χ0n) is 17.0. The molecule has 1 spiro atoms. The molecule has 2 saturated heterocycles. The van der Waals surface area contributed by atoms with Crippen molar-refractivity contribution in [2.45, 2.75) is 24.6 Å². The monoisotopic (exact) mass is 416 g/mol. The minimum atomic E-state index is -0.244. The van der Waals surface area contributed by atoms with Gasteiger partial charge in [-0.05, 0) is 54.8 Å². The Morgan fingerprint density at radius 2 is 1.63 bits per heavy atom. The lowest BCUT2D eigenvalue weighted by molar-refractivity contribution is -0.116. The molecular formula is C25H24N2O2S. The van der Waals surface area contributed by atoms with E-state index in [4.69, 9.17) is 0 Å². The molecule has 0 N–H and O–H groups in total. The third-order valence-electron chi connectivity index (χ3n) is 6.24. The van der Waals surface area contributed by atoms with E-state index in [1.165, 1.54) is 5.56 Å². The number of nitrogens with zero attached hydrogens (tertiary/aromatic N) is 2. The number of thioether (sulfide) groups is 1. The standard InChI is InChI=1S/C25H24N2O2S/c1-18-6-10-22(11-7-18)27-23(28)17-30-25(27)12-14-26(15-13-25)24(29)21-9-8-19-4-2-3-5-20(19)16-21/h2-11,16H,12-15,17H2,1H3. The lowest BCUT2D eigenvalue weighted by atomic mass is 9.99. The molecule has 0 saturated carbocycles. The van der Waals surface area contributed by atoms with E-state index in [-0.39, 0.29) is 16.7 Å². The third kappa shape index (κ3) is 3.27. The number of rotatable bonds is 2. The van der Waals surface area contributed by atoms with Gasteiger partial charge in [-0.15, -0.1) is 11.8 Å². The van der Waals surface area contributed by atoms with E-state index >= 15 is 0 Å². The fraction of sp³-hybridized carbons (Fsp3) is 0.280. The van der Waals surface area contributed by atoms with Crippen LogP contribution in [0.4, 0.5) is 5.69 Å². The normalized spacial score (nSPS) is 18.4. The molecule has 0 unspecified atom stereocenters. The number of carbonyl (C=O) groups excluding carboxylic acids is 2.